The van der Waals surface area contributed by atoms with E-state index < -0.39 is 10.0 Å². The van der Waals surface area contributed by atoms with Gasteiger partial charge in [0.15, 0.2) is 0 Å². The van der Waals surface area contributed by atoms with Crippen LogP contribution in [-0.4, -0.2) is 41.3 Å². The van der Waals surface area contributed by atoms with Crippen molar-refractivity contribution in [2.24, 2.45) is 0 Å². The van der Waals surface area contributed by atoms with Crippen LogP contribution in [0.1, 0.15) is 13.0 Å². The maximum absolute atomic E-state index is 12.0. The van der Waals surface area contributed by atoms with E-state index in [1.165, 1.54) is 15.1 Å². The maximum Gasteiger partial charge on any atom is 0.267 e. The molecule has 0 saturated carbocycles. The van der Waals surface area contributed by atoms with E-state index in [1.54, 1.807) is 13.0 Å². The summed E-state index contributed by atoms with van der Waals surface area (Å²) in [4.78, 5) is 12.0. The van der Waals surface area contributed by atoms with Crippen molar-refractivity contribution in [3.63, 3.8) is 0 Å². The standard InChI is InChI=1S/C15H17N3O3S/c1-2-22(20,21)17-10-13(11-17)18-15(19)9-8-14(16-18)12-6-4-3-5-7-12/h3-9,13H,2,10-11H2,1H3. The smallest absolute Gasteiger partial charge is 0.267 e. The molecule has 0 unspecified atom stereocenters. The fourth-order valence-corrected chi connectivity index (χ4v) is 3.59. The Morgan fingerprint density at radius 2 is 1.82 bits per heavy atom. The fourth-order valence-electron chi connectivity index (χ4n) is 2.43. The zero-order chi connectivity index (χ0) is 15.7. The van der Waals surface area contributed by atoms with Gasteiger partial charge in [-0.05, 0) is 13.0 Å². The van der Waals surface area contributed by atoms with Gasteiger partial charge < -0.3 is 0 Å². The first-order valence-corrected chi connectivity index (χ1v) is 8.75. The second-order valence-electron chi connectivity index (χ2n) is 5.24. The number of hydrogen-bond donors (Lipinski definition) is 0. The molecule has 0 aliphatic carbocycles. The highest BCUT2D eigenvalue weighted by atomic mass is 32.2. The molecule has 0 amide bonds. The van der Waals surface area contributed by atoms with E-state index in [2.05, 4.69) is 5.10 Å². The molecule has 0 N–H and O–H groups in total. The van der Waals surface area contributed by atoms with Gasteiger partial charge in [0.05, 0.1) is 17.5 Å². The summed E-state index contributed by atoms with van der Waals surface area (Å²) in [6.45, 7) is 2.23. The Kier molecular flexibility index (Phi) is 3.84. The van der Waals surface area contributed by atoms with Gasteiger partial charge in [0, 0.05) is 24.7 Å². The van der Waals surface area contributed by atoms with Crippen molar-refractivity contribution < 1.29 is 8.42 Å². The van der Waals surface area contributed by atoms with Crippen molar-refractivity contribution in [2.45, 2.75) is 13.0 Å². The molecule has 6 nitrogen and oxygen atoms in total. The summed E-state index contributed by atoms with van der Waals surface area (Å²) in [5, 5.41) is 4.39. The molecule has 22 heavy (non-hydrogen) atoms. The van der Waals surface area contributed by atoms with Crippen molar-refractivity contribution in [1.82, 2.24) is 14.1 Å². The molecule has 116 valence electrons. The third-order valence-corrected chi connectivity index (χ3v) is 5.64. The first-order valence-electron chi connectivity index (χ1n) is 7.14. The Labute approximate surface area is 129 Å². The number of benzene rings is 1. The Morgan fingerprint density at radius 1 is 1.14 bits per heavy atom. The van der Waals surface area contributed by atoms with Crippen molar-refractivity contribution in [3.8, 4) is 11.3 Å². The zero-order valence-electron chi connectivity index (χ0n) is 12.2. The summed E-state index contributed by atoms with van der Waals surface area (Å²) >= 11 is 0. The van der Waals surface area contributed by atoms with Crippen molar-refractivity contribution >= 4 is 10.0 Å². The Morgan fingerprint density at radius 3 is 2.45 bits per heavy atom. The molecule has 1 fully saturated rings. The molecular formula is C15H17N3O3S. The second kappa shape index (κ2) is 5.66. The largest absolute Gasteiger partial charge is 0.268 e. The second-order valence-corrected chi connectivity index (χ2v) is 7.50. The average Bonchev–Trinajstić information content (AvgIpc) is 2.48. The van der Waals surface area contributed by atoms with E-state index in [0.717, 1.165) is 5.56 Å². The van der Waals surface area contributed by atoms with Gasteiger partial charge in [0.2, 0.25) is 10.0 Å². The van der Waals surface area contributed by atoms with Crippen LogP contribution in [0.25, 0.3) is 11.3 Å². The van der Waals surface area contributed by atoms with Crippen molar-refractivity contribution in [1.29, 1.82) is 0 Å². The molecule has 3 rings (SSSR count). The minimum atomic E-state index is -3.19. The van der Waals surface area contributed by atoms with Crippen LogP contribution in [-0.2, 0) is 10.0 Å². The summed E-state index contributed by atoms with van der Waals surface area (Å²) < 4.78 is 26.3. The summed E-state index contributed by atoms with van der Waals surface area (Å²) in [5.41, 5.74) is 1.42. The van der Waals surface area contributed by atoms with Crippen LogP contribution in [0.5, 0.6) is 0 Å². The van der Waals surface area contributed by atoms with E-state index in [9.17, 15) is 13.2 Å². The first kappa shape index (κ1) is 14.9. The van der Waals surface area contributed by atoms with Crippen molar-refractivity contribution in [2.75, 3.05) is 18.8 Å². The maximum atomic E-state index is 12.0. The van der Waals surface area contributed by atoms with Gasteiger partial charge in [-0.1, -0.05) is 30.3 Å². The SMILES string of the molecule is CCS(=O)(=O)N1CC(n2nc(-c3ccccc3)ccc2=O)C1. The number of nitrogens with zero attached hydrogens (tertiary/aromatic N) is 3. The van der Waals surface area contributed by atoms with Gasteiger partial charge in [-0.2, -0.15) is 9.40 Å². The van der Waals surface area contributed by atoms with Crippen LogP contribution < -0.4 is 5.56 Å². The van der Waals surface area contributed by atoms with Gasteiger partial charge in [-0.25, -0.2) is 13.1 Å². The Bertz CT molecular complexity index is 825. The van der Waals surface area contributed by atoms with E-state index in [4.69, 9.17) is 0 Å². The van der Waals surface area contributed by atoms with Crippen LogP contribution in [0.4, 0.5) is 0 Å². The van der Waals surface area contributed by atoms with Gasteiger partial charge in [-0.15, -0.1) is 0 Å². The van der Waals surface area contributed by atoms with Crippen LogP contribution >= 0.6 is 0 Å². The molecule has 1 aliphatic heterocycles. The quantitative estimate of drug-likeness (QED) is 0.846. The van der Waals surface area contributed by atoms with Crippen molar-refractivity contribution in [3.05, 3.63) is 52.8 Å². The third kappa shape index (κ3) is 2.69. The Balaban J connectivity index is 1.86. The molecule has 0 spiro atoms. The molecule has 2 heterocycles. The molecule has 7 heteroatoms. The van der Waals surface area contributed by atoms with Gasteiger partial charge in [0.1, 0.15) is 0 Å². The van der Waals surface area contributed by atoms with E-state index in [1.807, 2.05) is 30.3 Å². The molecule has 0 bridgehead atoms. The minimum Gasteiger partial charge on any atom is -0.268 e. The van der Waals surface area contributed by atoms with E-state index in [-0.39, 0.29) is 17.4 Å². The zero-order valence-corrected chi connectivity index (χ0v) is 13.0. The van der Waals surface area contributed by atoms with Crippen LogP contribution in [0, 0.1) is 0 Å². The lowest BCUT2D eigenvalue weighted by molar-refractivity contribution is 0.186. The lowest BCUT2D eigenvalue weighted by Gasteiger charge is -2.37. The number of sulfonamides is 1. The molecule has 1 saturated heterocycles. The highest BCUT2D eigenvalue weighted by molar-refractivity contribution is 7.89. The molecule has 0 atom stereocenters. The van der Waals surface area contributed by atoms with Gasteiger partial charge in [-0.3, -0.25) is 4.79 Å². The van der Waals surface area contributed by atoms with Crippen LogP contribution in [0.2, 0.25) is 0 Å². The molecule has 0 radical (unpaired) electrons. The number of hydrogen-bond acceptors (Lipinski definition) is 4. The van der Waals surface area contributed by atoms with Gasteiger partial charge >= 0.3 is 0 Å². The lowest BCUT2D eigenvalue weighted by atomic mass is 10.1. The predicted molar refractivity (Wildman–Crippen MR) is 84.0 cm³/mol. The average molecular weight is 319 g/mol. The highest BCUT2D eigenvalue weighted by Crippen LogP contribution is 2.23. The molecule has 1 aliphatic rings. The summed E-state index contributed by atoms with van der Waals surface area (Å²) in [5.74, 6) is 0.0755. The normalized spacial score (nSPS) is 16.4. The molecule has 1 aromatic carbocycles. The van der Waals surface area contributed by atoms with E-state index in [0.29, 0.717) is 18.8 Å². The first-order chi connectivity index (χ1) is 10.5. The molecular weight excluding hydrogens is 302 g/mol. The molecule has 2 aromatic rings. The summed E-state index contributed by atoms with van der Waals surface area (Å²) in [7, 11) is -3.19. The van der Waals surface area contributed by atoms with Crippen LogP contribution in [0.15, 0.2) is 47.3 Å². The topological polar surface area (TPSA) is 72.3 Å². The minimum absolute atomic E-state index is 0.0755. The predicted octanol–water partition coefficient (Wildman–Crippen LogP) is 1.12. The van der Waals surface area contributed by atoms with Gasteiger partial charge in [0.25, 0.3) is 5.56 Å². The van der Waals surface area contributed by atoms with Crippen LogP contribution in [0.3, 0.4) is 0 Å². The highest BCUT2D eigenvalue weighted by Gasteiger charge is 2.36. The number of rotatable bonds is 4. The Hall–Kier alpha value is -1.99. The fraction of sp³-hybridized carbons (Fsp3) is 0.333. The summed E-state index contributed by atoms with van der Waals surface area (Å²) in [6.07, 6.45) is 0. The van der Waals surface area contributed by atoms with E-state index >= 15 is 0 Å². The lowest BCUT2D eigenvalue weighted by Crippen LogP contribution is -2.53. The summed E-state index contributed by atoms with van der Waals surface area (Å²) in [6, 6.07) is 12.5. The molecule has 1 aromatic heterocycles. The number of aromatic nitrogens is 2. The monoisotopic (exact) mass is 319 g/mol. The third-order valence-electron chi connectivity index (χ3n) is 3.83.